The number of hydrogen-bond donors (Lipinski definition) is 1. The van der Waals surface area contributed by atoms with Crippen molar-refractivity contribution in [1.29, 1.82) is 0 Å². The lowest BCUT2D eigenvalue weighted by Crippen LogP contribution is -2.36. The normalized spacial score (nSPS) is 18.1. The first-order valence-corrected chi connectivity index (χ1v) is 8.60. The van der Waals surface area contributed by atoms with Crippen LogP contribution in [-0.4, -0.2) is 42.8 Å². The third-order valence-electron chi connectivity index (χ3n) is 3.61. The summed E-state index contributed by atoms with van der Waals surface area (Å²) >= 11 is 3.56. The van der Waals surface area contributed by atoms with Crippen molar-refractivity contribution in [3.8, 4) is 0 Å². The van der Waals surface area contributed by atoms with Crippen LogP contribution in [0.4, 0.5) is 10.5 Å². The van der Waals surface area contributed by atoms with Crippen LogP contribution in [0.5, 0.6) is 0 Å². The number of nitrogens with one attached hydrogen (secondary N) is 1. The van der Waals surface area contributed by atoms with Gasteiger partial charge in [-0.25, -0.2) is 4.79 Å². The van der Waals surface area contributed by atoms with Crippen LogP contribution in [0.2, 0.25) is 0 Å². The first-order chi connectivity index (χ1) is 10.8. The smallest absolute Gasteiger partial charge is 0.410 e. The first kappa shape index (κ1) is 18.1. The van der Waals surface area contributed by atoms with Gasteiger partial charge in [0.15, 0.2) is 0 Å². The highest BCUT2D eigenvalue weighted by atomic mass is 79.9. The third kappa shape index (κ3) is 5.11. The molecule has 1 aliphatic rings. The van der Waals surface area contributed by atoms with Gasteiger partial charge in [0.2, 0.25) is 0 Å². The van der Waals surface area contributed by atoms with Gasteiger partial charge >= 0.3 is 6.09 Å². The number of carbonyl (C=O) groups is 1. The molecule has 0 spiro atoms. The highest BCUT2D eigenvalue weighted by Crippen LogP contribution is 2.27. The van der Waals surface area contributed by atoms with Crippen LogP contribution in [0, 0.1) is 0 Å². The van der Waals surface area contributed by atoms with Crippen molar-refractivity contribution in [2.24, 2.45) is 0 Å². The van der Waals surface area contributed by atoms with E-state index in [0.29, 0.717) is 19.7 Å². The molecule has 2 rings (SSSR count). The van der Waals surface area contributed by atoms with E-state index in [2.05, 4.69) is 21.2 Å². The van der Waals surface area contributed by atoms with Crippen molar-refractivity contribution in [2.45, 2.75) is 45.4 Å². The molecule has 1 amide bonds. The highest BCUT2D eigenvalue weighted by molar-refractivity contribution is 9.10. The van der Waals surface area contributed by atoms with E-state index in [1.165, 1.54) is 0 Å². The standard InChI is InChI=1S/C17H25BrN2O3/c1-17(2,3)23-16(21)20-9-8-12(10-20)19-15-7-5-6-14(18)13(15)11-22-4/h5-7,12,19H,8-11H2,1-4H3. The van der Waals surface area contributed by atoms with Crippen LogP contribution in [0.15, 0.2) is 22.7 Å². The number of nitrogens with zero attached hydrogens (tertiary/aromatic N) is 1. The van der Waals surface area contributed by atoms with Gasteiger partial charge in [-0.15, -0.1) is 0 Å². The monoisotopic (exact) mass is 384 g/mol. The topological polar surface area (TPSA) is 50.8 Å². The molecule has 1 fully saturated rings. The van der Waals surface area contributed by atoms with Gasteiger partial charge in [0, 0.05) is 42.0 Å². The van der Waals surface area contributed by atoms with Crippen LogP contribution < -0.4 is 5.32 Å². The first-order valence-electron chi connectivity index (χ1n) is 7.81. The van der Waals surface area contributed by atoms with Crippen molar-refractivity contribution >= 4 is 27.7 Å². The average Bonchev–Trinajstić information content (AvgIpc) is 2.89. The third-order valence-corrected chi connectivity index (χ3v) is 4.35. The Bertz CT molecular complexity index is 557. The number of likely N-dealkylation sites (tertiary alicyclic amines) is 1. The van der Waals surface area contributed by atoms with Crippen molar-refractivity contribution in [3.05, 3.63) is 28.2 Å². The Balaban J connectivity index is 1.98. The van der Waals surface area contributed by atoms with E-state index in [1.807, 2.05) is 39.0 Å². The van der Waals surface area contributed by atoms with E-state index in [9.17, 15) is 4.79 Å². The Morgan fingerprint density at radius 1 is 1.43 bits per heavy atom. The van der Waals surface area contributed by atoms with E-state index in [0.717, 1.165) is 22.1 Å². The zero-order valence-electron chi connectivity index (χ0n) is 14.2. The number of carbonyl (C=O) groups excluding carboxylic acids is 1. The van der Waals surface area contributed by atoms with Gasteiger partial charge < -0.3 is 19.7 Å². The molecule has 6 heteroatoms. The van der Waals surface area contributed by atoms with Crippen molar-refractivity contribution in [3.63, 3.8) is 0 Å². The quantitative estimate of drug-likeness (QED) is 0.851. The number of methoxy groups -OCH3 is 1. The van der Waals surface area contributed by atoms with Crippen LogP contribution in [0.25, 0.3) is 0 Å². The molecule has 0 aromatic heterocycles. The van der Waals surface area contributed by atoms with Crippen LogP contribution in [0.3, 0.4) is 0 Å². The van der Waals surface area contributed by atoms with Crippen molar-refractivity contribution in [2.75, 3.05) is 25.5 Å². The Morgan fingerprint density at radius 2 is 2.17 bits per heavy atom. The predicted molar refractivity (Wildman–Crippen MR) is 94.7 cm³/mol. The minimum absolute atomic E-state index is 0.215. The SMILES string of the molecule is COCc1c(Br)cccc1NC1CCN(C(=O)OC(C)(C)C)C1. The van der Waals surface area contributed by atoms with Gasteiger partial charge in [-0.05, 0) is 39.3 Å². The molecule has 1 heterocycles. The van der Waals surface area contributed by atoms with Gasteiger partial charge in [0.05, 0.1) is 6.61 Å². The number of rotatable bonds is 4. The summed E-state index contributed by atoms with van der Waals surface area (Å²) in [5, 5.41) is 3.52. The van der Waals surface area contributed by atoms with Gasteiger partial charge in [-0.2, -0.15) is 0 Å². The van der Waals surface area contributed by atoms with E-state index in [4.69, 9.17) is 9.47 Å². The molecule has 0 bridgehead atoms. The molecule has 1 N–H and O–H groups in total. The maximum Gasteiger partial charge on any atom is 0.410 e. The maximum atomic E-state index is 12.1. The number of amides is 1. The van der Waals surface area contributed by atoms with Gasteiger partial charge in [0.1, 0.15) is 5.60 Å². The van der Waals surface area contributed by atoms with Crippen molar-refractivity contribution < 1.29 is 14.3 Å². The minimum Gasteiger partial charge on any atom is -0.444 e. The van der Waals surface area contributed by atoms with Crippen LogP contribution in [0.1, 0.15) is 32.8 Å². The molecule has 0 radical (unpaired) electrons. The maximum absolute atomic E-state index is 12.1. The molecule has 5 nitrogen and oxygen atoms in total. The summed E-state index contributed by atoms with van der Waals surface area (Å²) in [6, 6.07) is 6.25. The summed E-state index contributed by atoms with van der Waals surface area (Å²) < 4.78 is 11.7. The molecule has 128 valence electrons. The second-order valence-electron chi connectivity index (χ2n) is 6.76. The number of halogens is 1. The second kappa shape index (κ2) is 7.53. The lowest BCUT2D eigenvalue weighted by atomic mass is 10.1. The Labute approximate surface area is 146 Å². The molecule has 0 saturated carbocycles. The summed E-state index contributed by atoms with van der Waals surface area (Å²) in [6.45, 7) is 7.54. The van der Waals surface area contributed by atoms with E-state index < -0.39 is 5.60 Å². The fourth-order valence-corrected chi connectivity index (χ4v) is 3.06. The van der Waals surface area contributed by atoms with Crippen LogP contribution in [-0.2, 0) is 16.1 Å². The number of anilines is 1. The number of ether oxygens (including phenoxy) is 2. The van der Waals surface area contributed by atoms with Gasteiger partial charge in [-0.3, -0.25) is 0 Å². The predicted octanol–water partition coefficient (Wildman–Crippen LogP) is 4.02. The van der Waals surface area contributed by atoms with E-state index >= 15 is 0 Å². The second-order valence-corrected chi connectivity index (χ2v) is 7.61. The Hall–Kier alpha value is -1.27. The van der Waals surface area contributed by atoms with E-state index in [1.54, 1.807) is 12.0 Å². The molecule has 23 heavy (non-hydrogen) atoms. The molecular formula is C17H25BrN2O3. The molecule has 1 unspecified atom stereocenters. The summed E-state index contributed by atoms with van der Waals surface area (Å²) in [5.74, 6) is 0. The largest absolute Gasteiger partial charge is 0.444 e. The Morgan fingerprint density at radius 3 is 2.83 bits per heavy atom. The zero-order valence-corrected chi connectivity index (χ0v) is 15.8. The summed E-state index contributed by atoms with van der Waals surface area (Å²) in [5.41, 5.74) is 1.67. The number of hydrogen-bond acceptors (Lipinski definition) is 4. The Kier molecular flexibility index (Phi) is 5.92. The molecule has 1 aromatic carbocycles. The summed E-state index contributed by atoms with van der Waals surface area (Å²) in [7, 11) is 1.68. The highest BCUT2D eigenvalue weighted by Gasteiger charge is 2.30. The zero-order chi connectivity index (χ0) is 17.0. The number of benzene rings is 1. The molecule has 0 aliphatic carbocycles. The average molecular weight is 385 g/mol. The van der Waals surface area contributed by atoms with Crippen molar-refractivity contribution in [1.82, 2.24) is 4.90 Å². The minimum atomic E-state index is -0.460. The summed E-state index contributed by atoms with van der Waals surface area (Å²) in [4.78, 5) is 13.9. The fourth-order valence-electron chi connectivity index (χ4n) is 2.58. The molecule has 1 aliphatic heterocycles. The molecular weight excluding hydrogens is 360 g/mol. The molecule has 1 atom stereocenters. The van der Waals surface area contributed by atoms with Gasteiger partial charge in [-0.1, -0.05) is 22.0 Å². The fraction of sp³-hybridized carbons (Fsp3) is 0.588. The molecule has 1 saturated heterocycles. The molecule has 1 aromatic rings. The van der Waals surface area contributed by atoms with Crippen LogP contribution >= 0.6 is 15.9 Å². The van der Waals surface area contributed by atoms with Gasteiger partial charge in [0.25, 0.3) is 0 Å². The lowest BCUT2D eigenvalue weighted by molar-refractivity contribution is 0.0293. The lowest BCUT2D eigenvalue weighted by Gasteiger charge is -2.24. The van der Waals surface area contributed by atoms with E-state index in [-0.39, 0.29) is 12.1 Å². The summed E-state index contributed by atoms with van der Waals surface area (Å²) in [6.07, 6.45) is 0.659.